The number of hydrogen-bond donors (Lipinski definition) is 1. The number of benzene rings is 1. The Morgan fingerprint density at radius 3 is 2.67 bits per heavy atom. The van der Waals surface area contributed by atoms with E-state index < -0.39 is 0 Å². The largest absolute Gasteiger partial charge is 0.382 e. The van der Waals surface area contributed by atoms with Crippen LogP contribution in [0, 0.1) is 0 Å². The maximum Gasteiger partial charge on any atom is 0.207 e. The van der Waals surface area contributed by atoms with Crippen molar-refractivity contribution in [2.45, 2.75) is 33.1 Å². The van der Waals surface area contributed by atoms with Crippen LogP contribution in [0.25, 0.3) is 5.69 Å². The zero-order valence-corrected chi connectivity index (χ0v) is 13.2. The van der Waals surface area contributed by atoms with Crippen molar-refractivity contribution in [1.29, 1.82) is 0 Å². The third-order valence-electron chi connectivity index (χ3n) is 3.43. The predicted octanol–water partition coefficient (Wildman–Crippen LogP) is 3.83. The van der Waals surface area contributed by atoms with Crippen molar-refractivity contribution in [3.8, 4) is 5.69 Å². The first kappa shape index (κ1) is 15.6. The number of imidazole rings is 1. The highest BCUT2D eigenvalue weighted by molar-refractivity contribution is 5.43. The Bertz CT molecular complexity index is 531. The van der Waals surface area contributed by atoms with Crippen LogP contribution in [0.3, 0.4) is 0 Å². The lowest BCUT2D eigenvalue weighted by molar-refractivity contribution is 0.147. The van der Waals surface area contributed by atoms with Gasteiger partial charge in [0, 0.05) is 37.8 Å². The number of nitrogens with one attached hydrogen (secondary N) is 1. The third kappa shape index (κ3) is 4.33. The maximum atomic E-state index is 5.34. The van der Waals surface area contributed by atoms with Crippen LogP contribution in [0.15, 0.2) is 36.7 Å². The molecular weight excluding hydrogens is 262 g/mol. The Balaban J connectivity index is 1.99. The van der Waals surface area contributed by atoms with Gasteiger partial charge < -0.3 is 10.1 Å². The Kier molecular flexibility index (Phi) is 5.81. The number of ether oxygens (including phenoxy) is 1. The van der Waals surface area contributed by atoms with E-state index in [0.29, 0.717) is 5.92 Å². The normalized spacial score (nSPS) is 11.0. The molecular formula is C17H25N3O. The quantitative estimate of drug-likeness (QED) is 0.750. The summed E-state index contributed by atoms with van der Waals surface area (Å²) in [5.41, 5.74) is 2.48. The van der Waals surface area contributed by atoms with Gasteiger partial charge in [-0.2, -0.15) is 0 Å². The van der Waals surface area contributed by atoms with E-state index in [1.165, 1.54) is 5.56 Å². The second-order valence-corrected chi connectivity index (χ2v) is 5.34. The number of rotatable bonds is 8. The summed E-state index contributed by atoms with van der Waals surface area (Å²) in [7, 11) is 0. The van der Waals surface area contributed by atoms with Gasteiger partial charge in [0.25, 0.3) is 0 Å². The molecule has 0 saturated carbocycles. The highest BCUT2D eigenvalue weighted by Gasteiger charge is 2.05. The molecule has 1 N–H and O–H groups in total. The Hall–Kier alpha value is -1.81. The van der Waals surface area contributed by atoms with Crippen molar-refractivity contribution in [1.82, 2.24) is 9.55 Å². The molecule has 4 nitrogen and oxygen atoms in total. The van der Waals surface area contributed by atoms with Crippen LogP contribution in [0.2, 0.25) is 0 Å². The zero-order chi connectivity index (χ0) is 15.1. The van der Waals surface area contributed by atoms with Crippen molar-refractivity contribution in [2.24, 2.45) is 0 Å². The fourth-order valence-corrected chi connectivity index (χ4v) is 2.18. The minimum Gasteiger partial charge on any atom is -0.382 e. The molecule has 1 heterocycles. The van der Waals surface area contributed by atoms with Crippen LogP contribution < -0.4 is 5.32 Å². The predicted molar refractivity (Wildman–Crippen MR) is 87.3 cm³/mol. The van der Waals surface area contributed by atoms with E-state index in [9.17, 15) is 0 Å². The molecule has 0 unspecified atom stereocenters. The molecule has 21 heavy (non-hydrogen) atoms. The molecule has 2 rings (SSSR count). The second kappa shape index (κ2) is 7.84. The van der Waals surface area contributed by atoms with Crippen molar-refractivity contribution in [3.05, 3.63) is 42.2 Å². The van der Waals surface area contributed by atoms with Crippen molar-refractivity contribution in [2.75, 3.05) is 25.1 Å². The number of hydrogen-bond acceptors (Lipinski definition) is 3. The van der Waals surface area contributed by atoms with Crippen molar-refractivity contribution in [3.63, 3.8) is 0 Å². The van der Waals surface area contributed by atoms with Gasteiger partial charge >= 0.3 is 0 Å². The van der Waals surface area contributed by atoms with Gasteiger partial charge in [-0.25, -0.2) is 4.98 Å². The summed E-state index contributed by atoms with van der Waals surface area (Å²) in [5.74, 6) is 1.43. The SMILES string of the molecule is CCOCCCNc1nccn1-c1ccc(C(C)C)cc1. The summed E-state index contributed by atoms with van der Waals surface area (Å²) >= 11 is 0. The zero-order valence-electron chi connectivity index (χ0n) is 13.2. The molecule has 2 aromatic rings. The number of nitrogens with zero attached hydrogens (tertiary/aromatic N) is 2. The molecule has 0 atom stereocenters. The minimum atomic E-state index is 0.554. The molecule has 0 aliphatic carbocycles. The summed E-state index contributed by atoms with van der Waals surface area (Å²) in [5, 5.41) is 3.36. The molecule has 0 saturated heterocycles. The molecule has 0 amide bonds. The molecule has 0 spiro atoms. The average molecular weight is 287 g/mol. The van der Waals surface area contributed by atoms with E-state index in [0.717, 1.165) is 37.8 Å². The molecule has 1 aromatic heterocycles. The van der Waals surface area contributed by atoms with Crippen LogP contribution in [0.1, 0.15) is 38.7 Å². The van der Waals surface area contributed by atoms with E-state index in [1.807, 2.05) is 19.3 Å². The minimum absolute atomic E-state index is 0.554. The fourth-order valence-electron chi connectivity index (χ4n) is 2.18. The van der Waals surface area contributed by atoms with E-state index >= 15 is 0 Å². The third-order valence-corrected chi connectivity index (χ3v) is 3.43. The fraction of sp³-hybridized carbons (Fsp3) is 0.471. The molecule has 0 aliphatic heterocycles. The highest BCUT2D eigenvalue weighted by atomic mass is 16.5. The molecule has 114 valence electrons. The lowest BCUT2D eigenvalue weighted by Crippen LogP contribution is -2.10. The lowest BCUT2D eigenvalue weighted by Gasteiger charge is -2.11. The molecule has 0 fully saturated rings. The smallest absolute Gasteiger partial charge is 0.207 e. The summed E-state index contributed by atoms with van der Waals surface area (Å²) in [6.45, 7) is 8.85. The Morgan fingerprint density at radius 2 is 2.00 bits per heavy atom. The molecule has 0 aliphatic rings. The monoisotopic (exact) mass is 287 g/mol. The van der Waals surface area contributed by atoms with Gasteiger partial charge in [-0.15, -0.1) is 0 Å². The van der Waals surface area contributed by atoms with Gasteiger partial charge in [0.2, 0.25) is 5.95 Å². The first-order chi connectivity index (χ1) is 10.2. The van der Waals surface area contributed by atoms with Crippen molar-refractivity contribution >= 4 is 5.95 Å². The van der Waals surface area contributed by atoms with Gasteiger partial charge in [-0.05, 0) is 37.0 Å². The topological polar surface area (TPSA) is 39.1 Å². The first-order valence-electron chi connectivity index (χ1n) is 7.67. The molecule has 1 aromatic carbocycles. The molecule has 0 radical (unpaired) electrons. The number of anilines is 1. The molecule has 0 bridgehead atoms. The Morgan fingerprint density at radius 1 is 1.24 bits per heavy atom. The second-order valence-electron chi connectivity index (χ2n) is 5.34. The van der Waals surface area contributed by atoms with Crippen LogP contribution in [0.5, 0.6) is 0 Å². The first-order valence-corrected chi connectivity index (χ1v) is 7.67. The number of aromatic nitrogens is 2. The van der Waals surface area contributed by atoms with E-state index in [2.05, 4.69) is 53.0 Å². The van der Waals surface area contributed by atoms with Crippen molar-refractivity contribution < 1.29 is 4.74 Å². The van der Waals surface area contributed by atoms with Crippen LogP contribution in [-0.4, -0.2) is 29.3 Å². The van der Waals surface area contributed by atoms with Gasteiger partial charge in [0.05, 0.1) is 0 Å². The molecule has 4 heteroatoms. The summed E-state index contributed by atoms with van der Waals surface area (Å²) in [6.07, 6.45) is 4.78. The standard InChI is InChI=1S/C17H25N3O/c1-4-21-13-5-10-18-17-19-11-12-20(17)16-8-6-15(7-9-16)14(2)3/h6-9,11-12,14H,4-5,10,13H2,1-3H3,(H,18,19). The van der Waals surface area contributed by atoms with E-state index in [4.69, 9.17) is 4.74 Å². The van der Waals surface area contributed by atoms with Crippen LogP contribution >= 0.6 is 0 Å². The van der Waals surface area contributed by atoms with Gasteiger partial charge in [0.1, 0.15) is 0 Å². The van der Waals surface area contributed by atoms with Crippen LogP contribution in [0.4, 0.5) is 5.95 Å². The van der Waals surface area contributed by atoms with Crippen LogP contribution in [-0.2, 0) is 4.74 Å². The highest BCUT2D eigenvalue weighted by Crippen LogP contribution is 2.19. The summed E-state index contributed by atoms with van der Waals surface area (Å²) in [6, 6.07) is 8.64. The maximum absolute atomic E-state index is 5.34. The van der Waals surface area contributed by atoms with Gasteiger partial charge in [-0.3, -0.25) is 4.57 Å². The van der Waals surface area contributed by atoms with Gasteiger partial charge in [0.15, 0.2) is 0 Å². The summed E-state index contributed by atoms with van der Waals surface area (Å²) in [4.78, 5) is 4.38. The van der Waals surface area contributed by atoms with E-state index in [-0.39, 0.29) is 0 Å². The average Bonchev–Trinajstić information content (AvgIpc) is 2.95. The Labute approximate surface area is 127 Å². The summed E-state index contributed by atoms with van der Waals surface area (Å²) < 4.78 is 7.41. The lowest BCUT2D eigenvalue weighted by atomic mass is 10.0. The van der Waals surface area contributed by atoms with E-state index in [1.54, 1.807) is 0 Å². The van der Waals surface area contributed by atoms with Gasteiger partial charge in [-0.1, -0.05) is 26.0 Å².